The first kappa shape index (κ1) is 12.2. The Morgan fingerprint density at radius 1 is 1.12 bits per heavy atom. The molecule has 0 spiro atoms. The van der Waals surface area contributed by atoms with Crippen molar-refractivity contribution < 1.29 is 0 Å². The molecule has 0 bridgehead atoms. The van der Waals surface area contributed by atoms with Crippen molar-refractivity contribution in [1.29, 1.82) is 0 Å². The van der Waals surface area contributed by atoms with E-state index >= 15 is 0 Å². The fourth-order valence-electron chi connectivity index (χ4n) is 3.24. The van der Waals surface area contributed by atoms with Crippen LogP contribution < -0.4 is 0 Å². The topological polar surface area (TPSA) is 0 Å². The monoisotopic (exact) mass is 220 g/mol. The van der Waals surface area contributed by atoms with Crippen molar-refractivity contribution in [3.63, 3.8) is 0 Å². The largest absolute Gasteiger partial charge is 0.0850 e. The van der Waals surface area contributed by atoms with Crippen molar-refractivity contribution in [1.82, 2.24) is 0 Å². The normalized spacial score (nSPS) is 28.2. The van der Waals surface area contributed by atoms with Gasteiger partial charge in [0.05, 0.1) is 0 Å². The molecule has 0 heteroatoms. The predicted molar refractivity (Wildman–Crippen MR) is 71.5 cm³/mol. The summed E-state index contributed by atoms with van der Waals surface area (Å²) in [5, 5.41) is 0. The van der Waals surface area contributed by atoms with Gasteiger partial charge in [0, 0.05) is 0 Å². The average Bonchev–Trinajstić information content (AvgIpc) is 2.87. The standard InChI is InChI=1S/C16H28/c1-2-3-4-5-6-7-12-15-13-16(15)14-10-8-9-11-14/h10,15-16H,2-9,11-13H2,1H3. The van der Waals surface area contributed by atoms with Crippen LogP contribution >= 0.6 is 0 Å². The van der Waals surface area contributed by atoms with E-state index in [9.17, 15) is 0 Å². The number of unbranched alkanes of at least 4 members (excludes halogenated alkanes) is 5. The highest BCUT2D eigenvalue weighted by atomic mass is 14.4. The van der Waals surface area contributed by atoms with Crippen LogP contribution in [0.5, 0.6) is 0 Å². The van der Waals surface area contributed by atoms with Gasteiger partial charge >= 0.3 is 0 Å². The molecule has 0 amide bonds. The third kappa shape index (κ3) is 3.64. The minimum Gasteiger partial charge on any atom is -0.0850 e. The first-order chi connectivity index (χ1) is 7.92. The van der Waals surface area contributed by atoms with Crippen LogP contribution in [0.3, 0.4) is 0 Å². The van der Waals surface area contributed by atoms with Crippen molar-refractivity contribution in [3.05, 3.63) is 11.6 Å². The molecular formula is C16H28. The summed E-state index contributed by atoms with van der Waals surface area (Å²) in [5.41, 5.74) is 1.83. The van der Waals surface area contributed by atoms with Gasteiger partial charge in [0.25, 0.3) is 0 Å². The van der Waals surface area contributed by atoms with Crippen LogP contribution in [0.1, 0.15) is 77.6 Å². The molecule has 1 fully saturated rings. The lowest BCUT2D eigenvalue weighted by Crippen LogP contribution is -1.87. The Labute approximate surface area is 102 Å². The highest BCUT2D eigenvalue weighted by Gasteiger charge is 2.38. The van der Waals surface area contributed by atoms with Crippen molar-refractivity contribution in [2.75, 3.05) is 0 Å². The van der Waals surface area contributed by atoms with Crippen LogP contribution in [0.25, 0.3) is 0 Å². The van der Waals surface area contributed by atoms with E-state index in [0.717, 1.165) is 11.8 Å². The molecule has 2 atom stereocenters. The molecule has 0 aliphatic heterocycles. The summed E-state index contributed by atoms with van der Waals surface area (Å²) < 4.78 is 0. The lowest BCUT2D eigenvalue weighted by molar-refractivity contribution is 0.556. The first-order valence-corrected chi connectivity index (χ1v) is 7.60. The molecular weight excluding hydrogens is 192 g/mol. The van der Waals surface area contributed by atoms with E-state index in [1.165, 1.54) is 70.6 Å². The van der Waals surface area contributed by atoms with E-state index in [1.54, 1.807) is 0 Å². The summed E-state index contributed by atoms with van der Waals surface area (Å²) in [6.45, 7) is 2.30. The van der Waals surface area contributed by atoms with Gasteiger partial charge in [-0.25, -0.2) is 0 Å². The predicted octanol–water partition coefficient (Wildman–Crippen LogP) is 5.48. The first-order valence-electron chi connectivity index (χ1n) is 7.60. The van der Waals surface area contributed by atoms with Crippen LogP contribution in [0.15, 0.2) is 11.6 Å². The smallest absolute Gasteiger partial charge is 0.0172 e. The van der Waals surface area contributed by atoms with E-state index in [-0.39, 0.29) is 0 Å². The Bertz CT molecular complexity index is 226. The fourth-order valence-corrected chi connectivity index (χ4v) is 3.24. The minimum atomic E-state index is 1.04. The van der Waals surface area contributed by atoms with Crippen LogP contribution in [0.2, 0.25) is 0 Å². The summed E-state index contributed by atoms with van der Waals surface area (Å²) in [6.07, 6.45) is 18.6. The van der Waals surface area contributed by atoms with E-state index in [1.807, 2.05) is 5.57 Å². The molecule has 0 aromatic rings. The van der Waals surface area contributed by atoms with Gasteiger partial charge in [-0.1, -0.05) is 57.1 Å². The Morgan fingerprint density at radius 3 is 2.69 bits per heavy atom. The SMILES string of the molecule is CCCCCCCCC1CC1C1=CCCC1. The Balaban J connectivity index is 1.46. The number of rotatable bonds is 8. The summed E-state index contributed by atoms with van der Waals surface area (Å²) in [7, 11) is 0. The highest BCUT2D eigenvalue weighted by Crippen LogP contribution is 2.50. The number of hydrogen-bond donors (Lipinski definition) is 0. The van der Waals surface area contributed by atoms with Crippen molar-refractivity contribution >= 4 is 0 Å². The Hall–Kier alpha value is -0.260. The summed E-state index contributed by atoms with van der Waals surface area (Å²) in [5.74, 6) is 2.13. The molecule has 0 aromatic carbocycles. The maximum Gasteiger partial charge on any atom is -0.0172 e. The number of hydrogen-bond acceptors (Lipinski definition) is 0. The second-order valence-electron chi connectivity index (χ2n) is 5.83. The molecule has 0 nitrogen and oxygen atoms in total. The summed E-state index contributed by atoms with van der Waals surface area (Å²) >= 11 is 0. The molecule has 2 aliphatic rings. The van der Waals surface area contributed by atoms with E-state index in [0.29, 0.717) is 0 Å². The zero-order valence-electron chi connectivity index (χ0n) is 11.0. The number of allylic oxidation sites excluding steroid dienone is 2. The fraction of sp³-hybridized carbons (Fsp3) is 0.875. The molecule has 0 saturated heterocycles. The molecule has 2 aliphatic carbocycles. The summed E-state index contributed by atoms with van der Waals surface area (Å²) in [4.78, 5) is 0. The molecule has 0 radical (unpaired) electrons. The van der Waals surface area contributed by atoms with Gasteiger partial charge in [-0.15, -0.1) is 0 Å². The van der Waals surface area contributed by atoms with E-state index in [4.69, 9.17) is 0 Å². The highest BCUT2D eigenvalue weighted by molar-refractivity contribution is 5.18. The minimum absolute atomic E-state index is 1.04. The molecule has 16 heavy (non-hydrogen) atoms. The maximum atomic E-state index is 2.53. The summed E-state index contributed by atoms with van der Waals surface area (Å²) in [6, 6.07) is 0. The van der Waals surface area contributed by atoms with Crippen LogP contribution in [0, 0.1) is 11.8 Å². The van der Waals surface area contributed by atoms with Crippen molar-refractivity contribution in [2.45, 2.75) is 77.6 Å². The van der Waals surface area contributed by atoms with E-state index in [2.05, 4.69) is 13.0 Å². The zero-order valence-corrected chi connectivity index (χ0v) is 11.0. The lowest BCUT2D eigenvalue weighted by atomic mass is 10.0. The molecule has 0 N–H and O–H groups in total. The second kappa shape index (κ2) is 6.47. The molecule has 0 heterocycles. The van der Waals surface area contributed by atoms with Gasteiger partial charge in [0.2, 0.25) is 0 Å². The Morgan fingerprint density at radius 2 is 1.94 bits per heavy atom. The van der Waals surface area contributed by atoms with Crippen LogP contribution in [-0.4, -0.2) is 0 Å². The molecule has 2 rings (SSSR count). The van der Waals surface area contributed by atoms with Crippen molar-refractivity contribution in [3.8, 4) is 0 Å². The quantitative estimate of drug-likeness (QED) is 0.375. The van der Waals surface area contributed by atoms with Gasteiger partial charge in [0.15, 0.2) is 0 Å². The molecule has 1 saturated carbocycles. The van der Waals surface area contributed by atoms with Crippen molar-refractivity contribution in [2.24, 2.45) is 11.8 Å². The van der Waals surface area contributed by atoms with Crippen LogP contribution in [-0.2, 0) is 0 Å². The third-order valence-electron chi connectivity index (χ3n) is 4.40. The lowest BCUT2D eigenvalue weighted by Gasteiger charge is -2.02. The van der Waals surface area contributed by atoms with Gasteiger partial charge in [0.1, 0.15) is 0 Å². The van der Waals surface area contributed by atoms with Gasteiger partial charge < -0.3 is 0 Å². The molecule has 92 valence electrons. The third-order valence-corrected chi connectivity index (χ3v) is 4.40. The maximum absolute atomic E-state index is 2.53. The molecule has 0 aromatic heterocycles. The second-order valence-corrected chi connectivity index (χ2v) is 5.83. The molecule has 2 unspecified atom stereocenters. The Kier molecular flexibility index (Phi) is 4.93. The van der Waals surface area contributed by atoms with E-state index < -0.39 is 0 Å². The van der Waals surface area contributed by atoms with Crippen LogP contribution in [0.4, 0.5) is 0 Å². The van der Waals surface area contributed by atoms with Gasteiger partial charge in [-0.05, 0) is 43.9 Å². The average molecular weight is 220 g/mol. The zero-order chi connectivity index (χ0) is 11.2. The van der Waals surface area contributed by atoms with Gasteiger partial charge in [-0.2, -0.15) is 0 Å². The van der Waals surface area contributed by atoms with Gasteiger partial charge in [-0.3, -0.25) is 0 Å².